The van der Waals surface area contributed by atoms with Crippen LogP contribution in [0.1, 0.15) is 18.4 Å². The Morgan fingerprint density at radius 3 is 2.68 bits per heavy atom. The molecule has 2 aliphatic rings. The van der Waals surface area contributed by atoms with Crippen molar-refractivity contribution in [1.29, 1.82) is 0 Å². The van der Waals surface area contributed by atoms with Crippen molar-refractivity contribution in [2.75, 3.05) is 57.9 Å². The van der Waals surface area contributed by atoms with Gasteiger partial charge in [-0.1, -0.05) is 11.6 Å². The molecule has 0 atom stereocenters. The molecule has 10 heteroatoms. The molecule has 1 aromatic carbocycles. The van der Waals surface area contributed by atoms with Crippen LogP contribution in [0.3, 0.4) is 0 Å². The van der Waals surface area contributed by atoms with Gasteiger partial charge in [0.05, 0.1) is 13.7 Å². The number of hydrogen-bond donors (Lipinski definition) is 1. The second-order valence-electron chi connectivity index (χ2n) is 7.70. The van der Waals surface area contributed by atoms with Gasteiger partial charge in [-0.2, -0.15) is 0 Å². The fourth-order valence-electron chi connectivity index (χ4n) is 4.20. The van der Waals surface area contributed by atoms with Crippen molar-refractivity contribution < 1.29 is 9.47 Å². The fraction of sp³-hybridized carbons (Fsp3) is 0.524. The number of benzene rings is 1. The number of methoxy groups -OCH3 is 1. The quantitative estimate of drug-likeness (QED) is 0.333. The molecule has 31 heavy (non-hydrogen) atoms. The first-order valence-corrected chi connectivity index (χ1v) is 11.5. The number of hydrogen-bond acceptors (Lipinski definition) is 6. The second-order valence-corrected chi connectivity index (χ2v) is 9.01. The SMILES string of the molecule is COc1ccc(Cl)cc1C1(CN=C(N)N2CCN(c3nccs3)CC2)CCOCC1.I. The third-order valence-corrected chi connectivity index (χ3v) is 7.09. The zero-order valence-corrected chi connectivity index (χ0v) is 21.5. The van der Waals surface area contributed by atoms with E-state index in [1.807, 2.05) is 29.8 Å². The third kappa shape index (κ3) is 5.55. The van der Waals surface area contributed by atoms with Crippen molar-refractivity contribution in [3.63, 3.8) is 0 Å². The molecule has 0 spiro atoms. The van der Waals surface area contributed by atoms with Crippen LogP contribution in [0.5, 0.6) is 5.75 Å². The predicted molar refractivity (Wildman–Crippen MR) is 138 cm³/mol. The number of rotatable bonds is 5. The van der Waals surface area contributed by atoms with Crippen molar-refractivity contribution in [3.8, 4) is 5.75 Å². The van der Waals surface area contributed by atoms with E-state index in [0.29, 0.717) is 30.7 Å². The van der Waals surface area contributed by atoms with Gasteiger partial charge < -0.3 is 25.0 Å². The van der Waals surface area contributed by atoms with E-state index in [0.717, 1.165) is 55.5 Å². The van der Waals surface area contributed by atoms with Crippen molar-refractivity contribution in [1.82, 2.24) is 9.88 Å². The molecule has 2 saturated heterocycles. The zero-order chi connectivity index (χ0) is 21.0. The van der Waals surface area contributed by atoms with Crippen LogP contribution >= 0.6 is 46.9 Å². The van der Waals surface area contributed by atoms with E-state index in [1.54, 1.807) is 18.4 Å². The highest BCUT2D eigenvalue weighted by Crippen LogP contribution is 2.41. The Morgan fingerprint density at radius 1 is 1.29 bits per heavy atom. The molecule has 1 aromatic heterocycles. The fourth-order valence-corrected chi connectivity index (χ4v) is 5.07. The lowest BCUT2D eigenvalue weighted by Crippen LogP contribution is -2.51. The van der Waals surface area contributed by atoms with Crippen LogP contribution in [0.15, 0.2) is 34.8 Å². The molecule has 0 amide bonds. The highest BCUT2D eigenvalue weighted by molar-refractivity contribution is 14.0. The maximum Gasteiger partial charge on any atom is 0.191 e. The molecule has 0 bridgehead atoms. The van der Waals surface area contributed by atoms with Crippen LogP contribution in [0.4, 0.5) is 5.13 Å². The Labute approximate surface area is 209 Å². The number of nitrogens with two attached hydrogens (primary N) is 1. The Balaban J connectivity index is 0.00000272. The Hall–Kier alpha value is -1.30. The summed E-state index contributed by atoms with van der Waals surface area (Å²) in [5, 5.41) is 3.78. The summed E-state index contributed by atoms with van der Waals surface area (Å²) in [5.41, 5.74) is 7.32. The van der Waals surface area contributed by atoms with Gasteiger partial charge in [0, 0.05) is 67.0 Å². The summed E-state index contributed by atoms with van der Waals surface area (Å²) < 4.78 is 11.3. The summed E-state index contributed by atoms with van der Waals surface area (Å²) in [6, 6.07) is 5.79. The highest BCUT2D eigenvalue weighted by atomic mass is 127. The minimum absolute atomic E-state index is 0. The maximum absolute atomic E-state index is 6.42. The summed E-state index contributed by atoms with van der Waals surface area (Å²) >= 11 is 8.00. The van der Waals surface area contributed by atoms with Gasteiger partial charge in [-0.15, -0.1) is 35.3 Å². The topological polar surface area (TPSA) is 76.2 Å². The van der Waals surface area contributed by atoms with Crippen molar-refractivity contribution in [2.24, 2.45) is 10.7 Å². The van der Waals surface area contributed by atoms with Gasteiger partial charge in [-0.3, -0.25) is 4.99 Å². The summed E-state index contributed by atoms with van der Waals surface area (Å²) in [5.74, 6) is 1.44. The standard InChI is InChI=1S/C21H28ClN5O2S.HI/c1-28-18-3-2-16(22)14-17(18)21(4-11-29-12-5-21)15-25-19(23)26-7-9-27(10-8-26)20-24-6-13-30-20;/h2-3,6,13-14H,4-5,7-12,15H2,1H3,(H2,23,25);1H. The minimum Gasteiger partial charge on any atom is -0.496 e. The number of ether oxygens (including phenoxy) is 2. The van der Waals surface area contributed by atoms with Gasteiger partial charge in [-0.05, 0) is 31.0 Å². The molecule has 2 aliphatic heterocycles. The lowest BCUT2D eigenvalue weighted by Gasteiger charge is -2.38. The van der Waals surface area contributed by atoms with E-state index >= 15 is 0 Å². The first-order chi connectivity index (χ1) is 14.6. The van der Waals surface area contributed by atoms with Crippen LogP contribution in [0, 0.1) is 0 Å². The van der Waals surface area contributed by atoms with Crippen molar-refractivity contribution in [3.05, 3.63) is 40.4 Å². The molecule has 3 heterocycles. The van der Waals surface area contributed by atoms with Crippen LogP contribution < -0.4 is 15.4 Å². The summed E-state index contributed by atoms with van der Waals surface area (Å²) in [6.45, 7) is 5.44. The van der Waals surface area contributed by atoms with Crippen molar-refractivity contribution >= 4 is 58.0 Å². The van der Waals surface area contributed by atoms with Crippen LogP contribution in [0.2, 0.25) is 5.02 Å². The van der Waals surface area contributed by atoms with Gasteiger partial charge in [0.2, 0.25) is 0 Å². The number of piperazine rings is 1. The van der Waals surface area contributed by atoms with E-state index < -0.39 is 0 Å². The van der Waals surface area contributed by atoms with Crippen LogP contribution in [-0.2, 0) is 10.2 Å². The van der Waals surface area contributed by atoms with Crippen molar-refractivity contribution in [2.45, 2.75) is 18.3 Å². The number of aromatic nitrogens is 1. The predicted octanol–water partition coefficient (Wildman–Crippen LogP) is 3.61. The van der Waals surface area contributed by atoms with Gasteiger partial charge in [0.25, 0.3) is 0 Å². The molecule has 4 rings (SSSR count). The molecule has 0 unspecified atom stereocenters. The largest absolute Gasteiger partial charge is 0.496 e. The number of thiazole rings is 1. The Bertz CT molecular complexity index is 869. The average molecular weight is 578 g/mol. The van der Waals surface area contributed by atoms with Gasteiger partial charge >= 0.3 is 0 Å². The lowest BCUT2D eigenvalue weighted by atomic mass is 9.73. The molecule has 0 radical (unpaired) electrons. The molecule has 170 valence electrons. The second kappa shape index (κ2) is 11.0. The van der Waals surface area contributed by atoms with Crippen LogP contribution in [0.25, 0.3) is 0 Å². The molecular formula is C21H29ClIN5O2S. The molecule has 2 aromatic rings. The Kier molecular flexibility index (Phi) is 8.65. The maximum atomic E-state index is 6.42. The van der Waals surface area contributed by atoms with E-state index in [-0.39, 0.29) is 29.4 Å². The Morgan fingerprint density at radius 2 is 2.03 bits per heavy atom. The zero-order valence-electron chi connectivity index (χ0n) is 17.6. The van der Waals surface area contributed by atoms with Crippen LogP contribution in [-0.4, -0.2) is 68.9 Å². The van der Waals surface area contributed by atoms with Gasteiger partial charge in [0.15, 0.2) is 11.1 Å². The monoisotopic (exact) mass is 577 g/mol. The first-order valence-electron chi connectivity index (χ1n) is 10.2. The van der Waals surface area contributed by atoms with Gasteiger partial charge in [-0.25, -0.2) is 4.98 Å². The number of halogens is 2. The first kappa shape index (κ1) is 24.3. The molecule has 2 fully saturated rings. The molecule has 0 aliphatic carbocycles. The number of guanidine groups is 1. The number of nitrogens with zero attached hydrogens (tertiary/aromatic N) is 4. The molecule has 7 nitrogen and oxygen atoms in total. The number of aliphatic imine (C=N–C) groups is 1. The normalized spacial score (nSPS) is 19.1. The molecule has 2 N–H and O–H groups in total. The summed E-state index contributed by atoms with van der Waals surface area (Å²) in [7, 11) is 1.69. The summed E-state index contributed by atoms with van der Waals surface area (Å²) in [6.07, 6.45) is 3.57. The van der Waals surface area contributed by atoms with Gasteiger partial charge in [0.1, 0.15) is 5.75 Å². The smallest absolute Gasteiger partial charge is 0.191 e. The van der Waals surface area contributed by atoms with E-state index in [2.05, 4.69) is 14.8 Å². The third-order valence-electron chi connectivity index (χ3n) is 6.02. The minimum atomic E-state index is -0.193. The average Bonchev–Trinajstić information content (AvgIpc) is 3.33. The highest BCUT2D eigenvalue weighted by Gasteiger charge is 2.37. The molecule has 0 saturated carbocycles. The number of anilines is 1. The van der Waals surface area contributed by atoms with E-state index in [4.69, 9.17) is 31.8 Å². The van der Waals surface area contributed by atoms with E-state index in [9.17, 15) is 0 Å². The van der Waals surface area contributed by atoms with E-state index in [1.165, 1.54) is 0 Å². The molecular weight excluding hydrogens is 549 g/mol. The summed E-state index contributed by atoms with van der Waals surface area (Å²) in [4.78, 5) is 13.7. The lowest BCUT2D eigenvalue weighted by molar-refractivity contribution is 0.0522.